The molecule has 0 spiro atoms. The summed E-state index contributed by atoms with van der Waals surface area (Å²) in [6, 6.07) is 25.6. The van der Waals surface area contributed by atoms with Crippen molar-refractivity contribution < 1.29 is 9.53 Å². The van der Waals surface area contributed by atoms with E-state index in [-0.39, 0.29) is 5.97 Å². The van der Waals surface area contributed by atoms with Crippen LogP contribution in [0, 0.1) is 0 Å². The minimum Gasteiger partial charge on any atom is -0.462 e. The SMILES string of the molecule is CCCOC(=O)c1ccc(-c2nnc(NCc3ccccc3)c3ccccc23)cc1. The van der Waals surface area contributed by atoms with Crippen LogP contribution >= 0.6 is 0 Å². The summed E-state index contributed by atoms with van der Waals surface area (Å²) in [5, 5.41) is 14.3. The molecule has 0 atom stereocenters. The van der Waals surface area contributed by atoms with Gasteiger partial charge in [-0.3, -0.25) is 0 Å². The van der Waals surface area contributed by atoms with E-state index in [1.54, 1.807) is 12.1 Å². The summed E-state index contributed by atoms with van der Waals surface area (Å²) in [5.74, 6) is 0.442. The second-order valence-electron chi connectivity index (χ2n) is 7.00. The van der Waals surface area contributed by atoms with E-state index >= 15 is 0 Å². The maximum atomic E-state index is 12.0. The number of nitrogens with one attached hydrogen (secondary N) is 1. The van der Waals surface area contributed by atoms with Crippen molar-refractivity contribution in [3.05, 3.63) is 90.0 Å². The lowest BCUT2D eigenvalue weighted by Crippen LogP contribution is -2.06. The van der Waals surface area contributed by atoms with Gasteiger partial charge in [0.25, 0.3) is 0 Å². The van der Waals surface area contributed by atoms with E-state index < -0.39 is 0 Å². The summed E-state index contributed by atoms with van der Waals surface area (Å²) in [6.45, 7) is 3.07. The molecule has 5 nitrogen and oxygen atoms in total. The van der Waals surface area contributed by atoms with Crippen LogP contribution in [0.25, 0.3) is 22.0 Å². The Morgan fingerprint density at radius 3 is 2.30 bits per heavy atom. The number of aromatic nitrogens is 2. The first-order valence-corrected chi connectivity index (χ1v) is 10.1. The van der Waals surface area contributed by atoms with Crippen LogP contribution in [0.5, 0.6) is 0 Å². The van der Waals surface area contributed by atoms with E-state index in [0.29, 0.717) is 18.7 Å². The Hall–Kier alpha value is -3.73. The average molecular weight is 397 g/mol. The zero-order valence-corrected chi connectivity index (χ0v) is 16.8. The fourth-order valence-corrected chi connectivity index (χ4v) is 3.27. The second kappa shape index (κ2) is 9.18. The van der Waals surface area contributed by atoms with Gasteiger partial charge in [0, 0.05) is 22.9 Å². The van der Waals surface area contributed by atoms with Gasteiger partial charge in [0.1, 0.15) is 5.69 Å². The van der Waals surface area contributed by atoms with Gasteiger partial charge in [-0.15, -0.1) is 10.2 Å². The first-order chi connectivity index (χ1) is 14.8. The monoisotopic (exact) mass is 397 g/mol. The molecule has 1 heterocycles. The third kappa shape index (κ3) is 4.30. The Balaban J connectivity index is 1.62. The number of benzene rings is 3. The molecular weight excluding hydrogens is 374 g/mol. The van der Waals surface area contributed by atoms with Gasteiger partial charge in [-0.1, -0.05) is 73.7 Å². The molecular formula is C25H23N3O2. The first kappa shape index (κ1) is 19.6. The van der Waals surface area contributed by atoms with E-state index in [1.165, 1.54) is 5.56 Å². The van der Waals surface area contributed by atoms with Gasteiger partial charge in [0.2, 0.25) is 0 Å². The fraction of sp³-hybridized carbons (Fsp3) is 0.160. The van der Waals surface area contributed by atoms with Crippen LogP contribution in [0.1, 0.15) is 29.3 Å². The van der Waals surface area contributed by atoms with Crippen molar-refractivity contribution in [2.45, 2.75) is 19.9 Å². The van der Waals surface area contributed by atoms with E-state index in [1.807, 2.05) is 61.5 Å². The number of carbonyl (C=O) groups excluding carboxylic acids is 1. The Kier molecular flexibility index (Phi) is 5.99. The summed E-state index contributed by atoms with van der Waals surface area (Å²) in [7, 11) is 0. The van der Waals surface area contributed by atoms with Gasteiger partial charge in [-0.2, -0.15) is 0 Å². The summed E-state index contributed by atoms with van der Waals surface area (Å²) in [6.07, 6.45) is 0.802. The standard InChI is InChI=1S/C25H23N3O2/c1-2-16-30-25(29)20-14-12-19(13-15-20)23-21-10-6-7-11-22(21)24(28-27-23)26-17-18-8-4-3-5-9-18/h3-15H,2,16-17H2,1H3,(H,26,28). The van der Waals surface area contributed by atoms with Crippen molar-refractivity contribution in [3.63, 3.8) is 0 Å². The van der Waals surface area contributed by atoms with Gasteiger partial charge in [-0.05, 0) is 24.1 Å². The molecule has 0 fully saturated rings. The molecule has 0 saturated heterocycles. The molecule has 30 heavy (non-hydrogen) atoms. The molecule has 3 aromatic carbocycles. The third-order valence-corrected chi connectivity index (χ3v) is 4.82. The summed E-state index contributed by atoms with van der Waals surface area (Å²) in [4.78, 5) is 12.0. The van der Waals surface area contributed by atoms with Crippen LogP contribution in [0.4, 0.5) is 5.82 Å². The van der Waals surface area contributed by atoms with Crippen molar-refractivity contribution in [3.8, 4) is 11.3 Å². The zero-order valence-electron chi connectivity index (χ0n) is 16.8. The number of esters is 1. The maximum absolute atomic E-state index is 12.0. The van der Waals surface area contributed by atoms with Crippen LogP contribution < -0.4 is 5.32 Å². The Labute approximate surface area is 175 Å². The van der Waals surface area contributed by atoms with Crippen LogP contribution in [0.2, 0.25) is 0 Å². The summed E-state index contributed by atoms with van der Waals surface area (Å²) < 4.78 is 5.20. The highest BCUT2D eigenvalue weighted by Crippen LogP contribution is 2.30. The van der Waals surface area contributed by atoms with Crippen molar-refractivity contribution >= 4 is 22.6 Å². The molecule has 0 saturated carbocycles. The summed E-state index contributed by atoms with van der Waals surface area (Å²) >= 11 is 0. The quantitative estimate of drug-likeness (QED) is 0.419. The number of ether oxygens (including phenoxy) is 1. The molecule has 1 aromatic heterocycles. The zero-order chi connectivity index (χ0) is 20.8. The second-order valence-corrected chi connectivity index (χ2v) is 7.00. The van der Waals surface area contributed by atoms with Crippen molar-refractivity contribution in [1.82, 2.24) is 10.2 Å². The molecule has 4 rings (SSSR count). The van der Waals surface area contributed by atoms with Gasteiger partial charge >= 0.3 is 5.97 Å². The third-order valence-electron chi connectivity index (χ3n) is 4.82. The Bertz CT molecular complexity index is 1140. The number of anilines is 1. The van der Waals surface area contributed by atoms with E-state index in [9.17, 15) is 4.79 Å². The molecule has 0 aliphatic rings. The molecule has 150 valence electrons. The van der Waals surface area contributed by atoms with E-state index in [2.05, 4.69) is 27.6 Å². The molecule has 0 amide bonds. The van der Waals surface area contributed by atoms with Gasteiger partial charge in [0.05, 0.1) is 12.2 Å². The molecule has 0 unspecified atom stereocenters. The lowest BCUT2D eigenvalue weighted by Gasteiger charge is -2.11. The van der Waals surface area contributed by atoms with Crippen LogP contribution in [-0.2, 0) is 11.3 Å². The normalized spacial score (nSPS) is 10.7. The predicted molar refractivity (Wildman–Crippen MR) is 119 cm³/mol. The highest BCUT2D eigenvalue weighted by atomic mass is 16.5. The molecule has 0 bridgehead atoms. The lowest BCUT2D eigenvalue weighted by molar-refractivity contribution is 0.0505. The Morgan fingerprint density at radius 2 is 1.57 bits per heavy atom. The van der Waals surface area contributed by atoms with Gasteiger partial charge < -0.3 is 10.1 Å². The molecule has 5 heteroatoms. The number of fused-ring (bicyclic) bond motifs is 1. The Morgan fingerprint density at radius 1 is 0.867 bits per heavy atom. The molecule has 4 aromatic rings. The first-order valence-electron chi connectivity index (χ1n) is 10.1. The van der Waals surface area contributed by atoms with Crippen molar-refractivity contribution in [2.75, 3.05) is 11.9 Å². The van der Waals surface area contributed by atoms with Crippen LogP contribution in [-0.4, -0.2) is 22.8 Å². The lowest BCUT2D eigenvalue weighted by atomic mass is 10.0. The smallest absolute Gasteiger partial charge is 0.338 e. The minimum atomic E-state index is -0.306. The number of rotatable bonds is 7. The molecule has 0 aliphatic heterocycles. The molecule has 0 radical (unpaired) electrons. The maximum Gasteiger partial charge on any atom is 0.338 e. The largest absolute Gasteiger partial charge is 0.462 e. The van der Waals surface area contributed by atoms with Crippen molar-refractivity contribution in [2.24, 2.45) is 0 Å². The average Bonchev–Trinajstić information content (AvgIpc) is 2.81. The molecule has 0 aliphatic carbocycles. The number of hydrogen-bond acceptors (Lipinski definition) is 5. The van der Waals surface area contributed by atoms with Gasteiger partial charge in [0.15, 0.2) is 5.82 Å². The highest BCUT2D eigenvalue weighted by molar-refractivity contribution is 6.00. The summed E-state index contributed by atoms with van der Waals surface area (Å²) in [5.41, 5.74) is 3.40. The number of hydrogen-bond donors (Lipinski definition) is 1. The van der Waals surface area contributed by atoms with E-state index in [0.717, 1.165) is 34.3 Å². The van der Waals surface area contributed by atoms with Gasteiger partial charge in [-0.25, -0.2) is 4.79 Å². The van der Waals surface area contributed by atoms with E-state index in [4.69, 9.17) is 4.74 Å². The topological polar surface area (TPSA) is 64.1 Å². The fourth-order valence-electron chi connectivity index (χ4n) is 3.27. The highest BCUT2D eigenvalue weighted by Gasteiger charge is 2.12. The van der Waals surface area contributed by atoms with Crippen LogP contribution in [0.3, 0.4) is 0 Å². The van der Waals surface area contributed by atoms with Crippen LogP contribution in [0.15, 0.2) is 78.9 Å². The number of nitrogens with zero attached hydrogens (tertiary/aromatic N) is 2. The van der Waals surface area contributed by atoms with Crippen molar-refractivity contribution in [1.29, 1.82) is 0 Å². The predicted octanol–water partition coefficient (Wildman–Crippen LogP) is 5.48. The number of carbonyl (C=O) groups is 1. The molecule has 1 N–H and O–H groups in total. The minimum absolute atomic E-state index is 0.306.